The zero-order valence-electron chi connectivity index (χ0n) is 23.0. The maximum Gasteiger partial charge on any atom is 0.356 e. The molecule has 208 valence electrons. The molecule has 41 heavy (non-hydrogen) atoms. The summed E-state index contributed by atoms with van der Waals surface area (Å²) in [5, 5.41) is 13.4. The monoisotopic (exact) mass is 563 g/mol. The van der Waals surface area contributed by atoms with Crippen LogP contribution < -0.4 is 15.9 Å². The Kier molecular flexibility index (Phi) is 8.68. The van der Waals surface area contributed by atoms with Crippen LogP contribution in [-0.4, -0.2) is 39.4 Å². The van der Waals surface area contributed by atoms with Crippen LogP contribution >= 0.6 is 6.89 Å². The van der Waals surface area contributed by atoms with Gasteiger partial charge in [0, 0.05) is 6.89 Å². The van der Waals surface area contributed by atoms with E-state index in [0.29, 0.717) is 11.8 Å². The lowest BCUT2D eigenvalue weighted by Crippen LogP contribution is -2.68. The SMILES string of the molecule is C=CCC1C(C(C)O)C(=O)N1C(C(=O)OCc1ccccc1)=P(c1ccccc1)(c1ccccc1)c1ccccc1. The number of aliphatic hydroxyl groups excluding tert-OH is 1. The molecule has 5 rings (SSSR count). The van der Waals surface area contributed by atoms with Crippen LogP contribution in [0.3, 0.4) is 0 Å². The third-order valence-corrected chi connectivity index (χ3v) is 11.8. The van der Waals surface area contributed by atoms with Crippen molar-refractivity contribution < 1.29 is 19.4 Å². The number of aliphatic hydroxyl groups is 1. The zero-order valence-corrected chi connectivity index (χ0v) is 23.9. The minimum absolute atomic E-state index is 0.0650. The first-order chi connectivity index (χ1) is 20.0. The van der Waals surface area contributed by atoms with E-state index in [0.717, 1.165) is 21.5 Å². The number of β-lactam (4-membered cyclic amide) rings is 1. The van der Waals surface area contributed by atoms with Crippen molar-refractivity contribution in [3.05, 3.63) is 140 Å². The molecule has 1 aliphatic rings. The van der Waals surface area contributed by atoms with Crippen molar-refractivity contribution in [1.82, 2.24) is 4.90 Å². The summed E-state index contributed by atoms with van der Waals surface area (Å²) in [5.74, 6) is -1.48. The smallest absolute Gasteiger partial charge is 0.356 e. The second kappa shape index (κ2) is 12.6. The molecule has 1 N–H and O–H groups in total. The highest BCUT2D eigenvalue weighted by atomic mass is 31.2. The van der Waals surface area contributed by atoms with Gasteiger partial charge in [0.2, 0.25) is 5.91 Å². The summed E-state index contributed by atoms with van der Waals surface area (Å²) >= 11 is 0. The summed E-state index contributed by atoms with van der Waals surface area (Å²) in [7, 11) is 0. The second-order valence-electron chi connectivity index (χ2n) is 10.1. The van der Waals surface area contributed by atoms with Gasteiger partial charge in [-0.1, -0.05) is 127 Å². The molecule has 0 aliphatic carbocycles. The molecule has 1 fully saturated rings. The van der Waals surface area contributed by atoms with Crippen LogP contribution in [0.4, 0.5) is 0 Å². The van der Waals surface area contributed by atoms with Gasteiger partial charge in [-0.05, 0) is 34.8 Å². The first-order valence-electron chi connectivity index (χ1n) is 13.8. The number of hydrogen-bond acceptors (Lipinski definition) is 4. The minimum Gasteiger partial charge on any atom is -0.456 e. The van der Waals surface area contributed by atoms with Gasteiger partial charge >= 0.3 is 5.97 Å². The van der Waals surface area contributed by atoms with Crippen LogP contribution in [-0.2, 0) is 20.9 Å². The molecule has 0 bridgehead atoms. The van der Waals surface area contributed by atoms with Gasteiger partial charge in [0.05, 0.1) is 18.1 Å². The van der Waals surface area contributed by atoms with Gasteiger partial charge in [-0.15, -0.1) is 6.58 Å². The molecule has 5 nitrogen and oxygen atoms in total. The van der Waals surface area contributed by atoms with Crippen LogP contribution in [0.1, 0.15) is 18.9 Å². The average molecular weight is 564 g/mol. The average Bonchev–Trinajstić information content (AvgIpc) is 3.01. The Morgan fingerprint density at radius 1 is 0.854 bits per heavy atom. The van der Waals surface area contributed by atoms with Crippen LogP contribution in [0.2, 0.25) is 0 Å². The number of benzene rings is 4. The van der Waals surface area contributed by atoms with Crippen molar-refractivity contribution in [3.8, 4) is 0 Å². The molecule has 0 saturated carbocycles. The molecule has 3 unspecified atom stereocenters. The predicted octanol–water partition coefficient (Wildman–Crippen LogP) is 4.64. The second-order valence-corrected chi connectivity index (χ2v) is 13.4. The Morgan fingerprint density at radius 2 is 1.29 bits per heavy atom. The molecular formula is C35H34NO4P. The largest absolute Gasteiger partial charge is 0.456 e. The lowest BCUT2D eigenvalue weighted by Gasteiger charge is -2.50. The van der Waals surface area contributed by atoms with Gasteiger partial charge in [-0.2, -0.15) is 0 Å². The van der Waals surface area contributed by atoms with E-state index in [2.05, 4.69) is 6.58 Å². The molecule has 6 heteroatoms. The number of likely N-dealkylation sites (tertiary alicyclic amines) is 1. The van der Waals surface area contributed by atoms with Crippen LogP contribution in [0.15, 0.2) is 134 Å². The highest BCUT2D eigenvalue weighted by molar-refractivity contribution is 7.96. The standard InChI is InChI=1S/C35H34NO4P/c1-3-16-31-32(26(2)37)33(38)36(31)34(35(39)40-25-27-17-8-4-9-18-27)41(28-19-10-5-11-20-28,29-21-12-6-13-22-29)30-23-14-7-15-24-30/h3-15,17-24,26,31-32,37H,1,16,25H2,2H3. The minimum atomic E-state index is -2.99. The van der Waals surface area contributed by atoms with Gasteiger partial charge in [0.25, 0.3) is 0 Å². The van der Waals surface area contributed by atoms with Gasteiger partial charge in [0.15, 0.2) is 0 Å². The van der Waals surface area contributed by atoms with Gasteiger partial charge in [-0.3, -0.25) is 4.79 Å². The highest BCUT2D eigenvalue weighted by Gasteiger charge is 2.54. The van der Waals surface area contributed by atoms with E-state index < -0.39 is 30.9 Å². The summed E-state index contributed by atoms with van der Waals surface area (Å²) < 4.78 is 6.06. The Bertz CT molecular complexity index is 1450. The molecule has 1 heterocycles. The summed E-state index contributed by atoms with van der Waals surface area (Å²) in [6, 6.07) is 38.8. The van der Waals surface area contributed by atoms with E-state index >= 15 is 0 Å². The normalized spacial score (nSPS) is 17.3. The summed E-state index contributed by atoms with van der Waals surface area (Å²) in [4.78, 5) is 30.1. The number of carbonyl (C=O) groups is 2. The maximum absolute atomic E-state index is 14.6. The fourth-order valence-corrected chi connectivity index (χ4v) is 10.1. The molecule has 3 atom stereocenters. The van der Waals surface area contributed by atoms with Gasteiger partial charge in [0.1, 0.15) is 12.0 Å². The highest BCUT2D eigenvalue weighted by Crippen LogP contribution is 2.50. The zero-order chi connectivity index (χ0) is 28.8. The van der Waals surface area contributed by atoms with Crippen molar-refractivity contribution >= 4 is 40.1 Å². The summed E-state index contributed by atoms with van der Waals surface area (Å²) in [5.41, 5.74) is 1.16. The van der Waals surface area contributed by atoms with Crippen molar-refractivity contribution in [1.29, 1.82) is 0 Å². The molecule has 4 aromatic carbocycles. The predicted molar refractivity (Wildman–Crippen MR) is 167 cm³/mol. The number of esters is 1. The topological polar surface area (TPSA) is 66.8 Å². The van der Waals surface area contributed by atoms with Gasteiger partial charge in [-0.25, -0.2) is 4.79 Å². The van der Waals surface area contributed by atoms with Gasteiger partial charge < -0.3 is 14.7 Å². The van der Waals surface area contributed by atoms with E-state index in [9.17, 15) is 14.7 Å². The molecule has 1 aliphatic heterocycles. The van der Waals surface area contributed by atoms with E-state index in [1.165, 1.54) is 0 Å². The number of carbonyl (C=O) groups excluding carboxylic acids is 2. The molecule has 4 aromatic rings. The first-order valence-corrected chi connectivity index (χ1v) is 15.6. The van der Waals surface area contributed by atoms with Crippen molar-refractivity contribution in [3.63, 3.8) is 0 Å². The first kappa shape index (κ1) is 28.4. The molecule has 1 amide bonds. The Balaban J connectivity index is 1.87. The molecule has 0 radical (unpaired) electrons. The number of hydrogen-bond donors (Lipinski definition) is 1. The van der Waals surface area contributed by atoms with E-state index in [4.69, 9.17) is 4.74 Å². The number of amides is 1. The van der Waals surface area contributed by atoms with Crippen molar-refractivity contribution in [2.75, 3.05) is 0 Å². The Hall–Kier alpha value is -4.18. The summed E-state index contributed by atoms with van der Waals surface area (Å²) in [6.07, 6.45) is 1.29. The summed E-state index contributed by atoms with van der Waals surface area (Å²) in [6.45, 7) is 2.62. The number of rotatable bonds is 10. The van der Waals surface area contributed by atoms with Crippen LogP contribution in [0.5, 0.6) is 0 Å². The lowest BCUT2D eigenvalue weighted by atomic mass is 9.81. The lowest BCUT2D eigenvalue weighted by molar-refractivity contribution is -0.157. The van der Waals surface area contributed by atoms with Crippen molar-refractivity contribution in [2.45, 2.75) is 32.1 Å². The third-order valence-electron chi connectivity index (χ3n) is 7.57. The van der Waals surface area contributed by atoms with E-state index in [1.807, 2.05) is 121 Å². The van der Waals surface area contributed by atoms with E-state index in [1.54, 1.807) is 17.9 Å². The quantitative estimate of drug-likeness (QED) is 0.132. The maximum atomic E-state index is 14.6. The number of nitrogens with zero attached hydrogens (tertiary/aromatic N) is 1. The Labute approximate surface area is 241 Å². The Morgan fingerprint density at radius 3 is 1.71 bits per heavy atom. The molecular weight excluding hydrogens is 529 g/mol. The van der Waals surface area contributed by atoms with Crippen LogP contribution in [0.25, 0.3) is 0 Å². The third kappa shape index (κ3) is 5.31. The fraction of sp³-hybridized carbons (Fsp3) is 0.171. The molecule has 0 aromatic heterocycles. The van der Waals surface area contributed by atoms with Crippen molar-refractivity contribution in [2.24, 2.45) is 5.92 Å². The fourth-order valence-electron chi connectivity index (χ4n) is 5.73. The van der Waals surface area contributed by atoms with Crippen LogP contribution in [0, 0.1) is 5.92 Å². The number of ether oxygens (including phenoxy) is 1. The molecule has 0 spiro atoms. The molecule has 1 saturated heterocycles. The van der Waals surface area contributed by atoms with E-state index in [-0.39, 0.29) is 12.5 Å².